The highest BCUT2D eigenvalue weighted by molar-refractivity contribution is 9.10. The molecule has 1 heterocycles. The van der Waals surface area contributed by atoms with Crippen molar-refractivity contribution in [3.05, 3.63) is 34.3 Å². The zero-order valence-corrected chi connectivity index (χ0v) is 18.9. The van der Waals surface area contributed by atoms with Gasteiger partial charge in [-0.05, 0) is 57.2 Å². The molecule has 1 aliphatic carbocycles. The van der Waals surface area contributed by atoms with Crippen molar-refractivity contribution in [3.63, 3.8) is 0 Å². The third-order valence-corrected chi connectivity index (χ3v) is 5.89. The van der Waals surface area contributed by atoms with Crippen LogP contribution in [0.3, 0.4) is 0 Å². The van der Waals surface area contributed by atoms with Gasteiger partial charge in [0, 0.05) is 16.9 Å². The Morgan fingerprint density at radius 3 is 2.41 bits per heavy atom. The van der Waals surface area contributed by atoms with E-state index in [-0.39, 0.29) is 18.4 Å². The lowest BCUT2D eigenvalue weighted by atomic mass is 9.86. The van der Waals surface area contributed by atoms with E-state index in [9.17, 15) is 14.0 Å². The Labute approximate surface area is 180 Å². The van der Waals surface area contributed by atoms with Gasteiger partial charge in [-0.1, -0.05) is 40.9 Å². The van der Waals surface area contributed by atoms with Gasteiger partial charge in [-0.25, -0.2) is 9.18 Å². The normalized spacial score (nSPS) is 21.6. The van der Waals surface area contributed by atoms with E-state index >= 15 is 0 Å². The van der Waals surface area contributed by atoms with Crippen LogP contribution in [0.25, 0.3) is 0 Å². The number of hydrogen-bond donors (Lipinski definition) is 1. The lowest BCUT2D eigenvalue weighted by molar-refractivity contribution is -0.133. The molecule has 7 heteroatoms. The van der Waals surface area contributed by atoms with Gasteiger partial charge in [0.15, 0.2) is 0 Å². The van der Waals surface area contributed by atoms with Crippen molar-refractivity contribution in [1.82, 2.24) is 10.2 Å². The Kier molecular flexibility index (Phi) is 6.87. The number of nitrogens with one attached hydrogen (secondary N) is 1. The Morgan fingerprint density at radius 1 is 1.24 bits per heavy atom. The topological polar surface area (TPSA) is 58.6 Å². The molecule has 1 aliphatic heterocycles. The summed E-state index contributed by atoms with van der Waals surface area (Å²) in [6, 6.07) is 7.07. The molecule has 2 fully saturated rings. The fourth-order valence-electron chi connectivity index (χ4n) is 3.77. The van der Waals surface area contributed by atoms with E-state index in [2.05, 4.69) is 21.2 Å². The number of halogens is 2. The van der Waals surface area contributed by atoms with E-state index in [1.165, 1.54) is 4.90 Å². The van der Waals surface area contributed by atoms with Crippen molar-refractivity contribution in [1.29, 1.82) is 0 Å². The predicted molar refractivity (Wildman–Crippen MR) is 113 cm³/mol. The van der Waals surface area contributed by atoms with Gasteiger partial charge in [-0.3, -0.25) is 4.79 Å². The Bertz CT molecular complexity index is 731. The lowest BCUT2D eigenvalue weighted by Gasteiger charge is -2.32. The van der Waals surface area contributed by atoms with Crippen LogP contribution < -0.4 is 5.32 Å². The summed E-state index contributed by atoms with van der Waals surface area (Å²) >= 11 is 3.45. The number of benzene rings is 1. The molecule has 2 amide bonds. The first-order valence-electron chi connectivity index (χ1n) is 10.3. The molecular formula is C22H30BrFN2O3. The highest BCUT2D eigenvalue weighted by atomic mass is 79.9. The minimum absolute atomic E-state index is 0.0851. The number of ether oxygens (including phenoxy) is 1. The molecule has 0 bridgehead atoms. The molecule has 0 spiro atoms. The van der Waals surface area contributed by atoms with Crippen LogP contribution in [0.2, 0.25) is 0 Å². The molecule has 5 nitrogen and oxygen atoms in total. The van der Waals surface area contributed by atoms with E-state index in [1.807, 2.05) is 24.3 Å². The van der Waals surface area contributed by atoms with Crippen molar-refractivity contribution in [2.24, 2.45) is 5.92 Å². The van der Waals surface area contributed by atoms with Gasteiger partial charge in [-0.15, -0.1) is 0 Å². The van der Waals surface area contributed by atoms with Crippen LogP contribution in [-0.4, -0.2) is 47.8 Å². The molecule has 0 unspecified atom stereocenters. The second kappa shape index (κ2) is 9.02. The van der Waals surface area contributed by atoms with Crippen molar-refractivity contribution >= 4 is 27.9 Å². The predicted octanol–water partition coefficient (Wildman–Crippen LogP) is 4.80. The summed E-state index contributed by atoms with van der Waals surface area (Å²) in [6.07, 6.45) is 1.80. The first-order valence-corrected chi connectivity index (χ1v) is 11.1. The first kappa shape index (κ1) is 22.1. The van der Waals surface area contributed by atoms with Crippen LogP contribution in [0.1, 0.15) is 57.9 Å². The number of carbonyl (C=O) groups excluding carboxylic acids is 2. The number of amides is 2. The smallest absolute Gasteiger partial charge is 0.408 e. The molecule has 1 N–H and O–H groups in total. The van der Waals surface area contributed by atoms with Crippen LogP contribution >= 0.6 is 15.9 Å². The molecule has 3 atom stereocenters. The van der Waals surface area contributed by atoms with Crippen molar-refractivity contribution in [2.45, 2.75) is 70.2 Å². The zero-order valence-electron chi connectivity index (χ0n) is 17.3. The summed E-state index contributed by atoms with van der Waals surface area (Å²) in [5.41, 5.74) is 0.324. The largest absolute Gasteiger partial charge is 0.444 e. The van der Waals surface area contributed by atoms with Crippen molar-refractivity contribution in [2.75, 3.05) is 13.1 Å². The van der Waals surface area contributed by atoms with Crippen LogP contribution in [0.5, 0.6) is 0 Å². The minimum Gasteiger partial charge on any atom is -0.444 e. The van der Waals surface area contributed by atoms with Gasteiger partial charge in [0.2, 0.25) is 5.91 Å². The number of rotatable bonds is 6. The molecule has 29 heavy (non-hydrogen) atoms. The van der Waals surface area contributed by atoms with E-state index < -0.39 is 23.9 Å². The highest BCUT2D eigenvalue weighted by Gasteiger charge is 2.40. The lowest BCUT2D eigenvalue weighted by Crippen LogP contribution is -2.52. The number of carbonyl (C=O) groups is 2. The van der Waals surface area contributed by atoms with Gasteiger partial charge in [0.1, 0.15) is 17.8 Å². The van der Waals surface area contributed by atoms with Gasteiger partial charge in [-0.2, -0.15) is 0 Å². The number of nitrogens with zero attached hydrogens (tertiary/aromatic N) is 1. The zero-order chi connectivity index (χ0) is 21.2. The SMILES string of the molecule is CC(C)(C)OC(=O)N[C@H](C(=O)N1CC[C@H](F)C1)[C@@H](CC1CC1)c1ccc(Br)cc1. The maximum atomic E-state index is 13.8. The second-order valence-corrected chi connectivity index (χ2v) is 10.0. The third-order valence-electron chi connectivity index (χ3n) is 5.37. The molecule has 0 radical (unpaired) electrons. The van der Waals surface area contributed by atoms with Crippen LogP contribution in [0, 0.1) is 5.92 Å². The molecule has 0 aromatic heterocycles. The Balaban J connectivity index is 1.87. The van der Waals surface area contributed by atoms with Crippen LogP contribution in [-0.2, 0) is 9.53 Å². The molecule has 1 aromatic rings. The summed E-state index contributed by atoms with van der Waals surface area (Å²) in [5.74, 6) is 0.130. The van der Waals surface area contributed by atoms with E-state index in [0.717, 1.165) is 29.3 Å². The average molecular weight is 469 g/mol. The van der Waals surface area contributed by atoms with Gasteiger partial charge in [0.25, 0.3) is 0 Å². The summed E-state index contributed by atoms with van der Waals surface area (Å²) < 4.78 is 20.1. The highest BCUT2D eigenvalue weighted by Crippen LogP contribution is 2.41. The molecule has 160 valence electrons. The number of hydrogen-bond acceptors (Lipinski definition) is 3. The number of alkyl carbamates (subject to hydrolysis) is 1. The van der Waals surface area contributed by atoms with Crippen molar-refractivity contribution in [3.8, 4) is 0 Å². The van der Waals surface area contributed by atoms with E-state index in [0.29, 0.717) is 18.9 Å². The summed E-state index contributed by atoms with van der Waals surface area (Å²) in [4.78, 5) is 27.4. The second-order valence-electron chi connectivity index (χ2n) is 9.13. The quantitative estimate of drug-likeness (QED) is 0.652. The maximum absolute atomic E-state index is 13.8. The molecule has 1 saturated carbocycles. The Morgan fingerprint density at radius 2 is 1.90 bits per heavy atom. The maximum Gasteiger partial charge on any atom is 0.408 e. The van der Waals surface area contributed by atoms with Gasteiger partial charge < -0.3 is 15.0 Å². The molecule has 2 aliphatic rings. The Hall–Kier alpha value is -1.63. The van der Waals surface area contributed by atoms with Crippen molar-refractivity contribution < 1.29 is 18.7 Å². The van der Waals surface area contributed by atoms with Gasteiger partial charge >= 0.3 is 6.09 Å². The molecule has 3 rings (SSSR count). The first-order chi connectivity index (χ1) is 13.6. The summed E-state index contributed by atoms with van der Waals surface area (Å²) in [6.45, 7) is 5.82. The average Bonchev–Trinajstić information content (AvgIpc) is 3.35. The van der Waals surface area contributed by atoms with Crippen LogP contribution in [0.15, 0.2) is 28.7 Å². The van der Waals surface area contributed by atoms with E-state index in [4.69, 9.17) is 4.74 Å². The minimum atomic E-state index is -1.00. The standard InChI is InChI=1S/C22H30BrFN2O3/c1-22(2,3)29-21(28)25-19(20(27)26-11-10-17(24)13-26)18(12-14-4-5-14)15-6-8-16(23)9-7-15/h6-9,14,17-19H,4-5,10-13H2,1-3H3,(H,25,28)/t17-,18-,19-/m0/s1. The fraction of sp³-hybridized carbons (Fsp3) is 0.636. The van der Waals surface area contributed by atoms with Gasteiger partial charge in [0.05, 0.1) is 6.54 Å². The third kappa shape index (κ3) is 6.43. The number of alkyl halides is 1. The molecule has 1 saturated heterocycles. The molecular weight excluding hydrogens is 439 g/mol. The van der Waals surface area contributed by atoms with E-state index in [1.54, 1.807) is 20.8 Å². The van der Waals surface area contributed by atoms with Crippen LogP contribution in [0.4, 0.5) is 9.18 Å². The summed E-state index contributed by atoms with van der Waals surface area (Å²) in [5, 5.41) is 2.82. The molecule has 1 aromatic carbocycles. The fourth-order valence-corrected chi connectivity index (χ4v) is 4.04. The monoisotopic (exact) mass is 468 g/mol. The number of likely N-dealkylation sites (tertiary alicyclic amines) is 1. The summed E-state index contributed by atoms with van der Waals surface area (Å²) in [7, 11) is 0.